The van der Waals surface area contributed by atoms with Gasteiger partial charge < -0.3 is 9.80 Å². The molecule has 1 saturated heterocycles. The Labute approximate surface area is 322 Å². The third-order valence-corrected chi connectivity index (χ3v) is 12.8. The summed E-state index contributed by atoms with van der Waals surface area (Å²) in [5.74, 6) is 5.31. The van der Waals surface area contributed by atoms with Gasteiger partial charge in [-0.25, -0.2) is 0 Å². The van der Waals surface area contributed by atoms with Crippen LogP contribution in [0.3, 0.4) is 0 Å². The maximum absolute atomic E-state index is 12.7. The highest BCUT2D eigenvalue weighted by molar-refractivity contribution is 8.00. The van der Waals surface area contributed by atoms with Crippen LogP contribution in [0.2, 0.25) is 0 Å². The van der Waals surface area contributed by atoms with Crippen molar-refractivity contribution in [2.45, 2.75) is 181 Å². The number of likely N-dealkylation sites (N-methyl/N-ethyl adjacent to an activating group) is 1. The lowest BCUT2D eigenvalue weighted by atomic mass is 9.83. The number of hydrogen-bond acceptors (Lipinski definition) is 4. The lowest BCUT2D eigenvalue weighted by molar-refractivity contribution is -0.141. The maximum Gasteiger partial charge on any atom is 0.236 e. The fourth-order valence-electron chi connectivity index (χ4n) is 6.76. The summed E-state index contributed by atoms with van der Waals surface area (Å²) in [6.07, 6.45) is 49.3. The lowest BCUT2D eigenvalue weighted by Gasteiger charge is -2.50. The largest absolute Gasteiger partial charge is 0.340 e. The average molecular weight is 733 g/mol. The topological polar surface area (TPSA) is 23.6 Å². The second kappa shape index (κ2) is 35.4. The molecular weight excluding hydrogens is 649 g/mol. The van der Waals surface area contributed by atoms with Crippen molar-refractivity contribution >= 4 is 29.4 Å². The summed E-state index contributed by atoms with van der Waals surface area (Å²) in [5.41, 5.74) is 0.332. The van der Waals surface area contributed by atoms with Crippen LogP contribution in [0, 0.1) is 5.41 Å². The molecule has 0 unspecified atom stereocenters. The quantitative estimate of drug-likeness (QED) is 0.0469. The van der Waals surface area contributed by atoms with Crippen LogP contribution < -0.4 is 0 Å². The van der Waals surface area contributed by atoms with E-state index in [0.717, 1.165) is 19.5 Å². The SMILES string of the molecule is CCCCC/C=C\C/C=C\CCCCCCCCSCC1(CSCCCCCCCC/C=C\CCCCCCCC)CN(C(=O)CN(C)C)C1. The van der Waals surface area contributed by atoms with Crippen LogP contribution in [0.5, 0.6) is 0 Å². The van der Waals surface area contributed by atoms with Gasteiger partial charge in [0, 0.05) is 30.0 Å². The van der Waals surface area contributed by atoms with Gasteiger partial charge in [-0.1, -0.05) is 147 Å². The number of likely N-dealkylation sites (tertiary alicyclic amines) is 1. The van der Waals surface area contributed by atoms with Crippen LogP contribution in [0.15, 0.2) is 36.5 Å². The molecule has 0 atom stereocenters. The van der Waals surface area contributed by atoms with Gasteiger partial charge in [-0.3, -0.25) is 4.79 Å². The summed E-state index contributed by atoms with van der Waals surface area (Å²) in [6.45, 7) is 7.04. The summed E-state index contributed by atoms with van der Waals surface area (Å²) in [5, 5.41) is 0. The number of carbonyl (C=O) groups excluding carboxylic acids is 1. The van der Waals surface area contributed by atoms with E-state index in [-0.39, 0.29) is 0 Å². The number of carbonyl (C=O) groups is 1. The fourth-order valence-corrected chi connectivity index (χ4v) is 9.43. The molecule has 5 heteroatoms. The fraction of sp³-hybridized carbons (Fsp3) is 0.844. The number of nitrogens with zero attached hydrogens (tertiary/aromatic N) is 2. The molecule has 1 rings (SSSR count). The Morgan fingerprint density at radius 2 is 0.900 bits per heavy atom. The summed E-state index contributed by atoms with van der Waals surface area (Å²) >= 11 is 4.32. The molecule has 50 heavy (non-hydrogen) atoms. The van der Waals surface area contributed by atoms with Crippen molar-refractivity contribution in [3.8, 4) is 0 Å². The highest BCUT2D eigenvalue weighted by atomic mass is 32.2. The zero-order valence-corrected chi connectivity index (χ0v) is 35.6. The van der Waals surface area contributed by atoms with E-state index in [0.29, 0.717) is 17.9 Å². The minimum atomic E-state index is 0.305. The number of amides is 1. The van der Waals surface area contributed by atoms with Crippen molar-refractivity contribution in [1.29, 1.82) is 0 Å². The Kier molecular flexibility index (Phi) is 33.5. The van der Waals surface area contributed by atoms with Gasteiger partial charge in [0.05, 0.1) is 6.54 Å². The van der Waals surface area contributed by atoms with Crippen molar-refractivity contribution in [2.75, 3.05) is 56.7 Å². The van der Waals surface area contributed by atoms with Crippen LogP contribution >= 0.6 is 23.5 Å². The van der Waals surface area contributed by atoms with Crippen LogP contribution in [-0.4, -0.2) is 72.4 Å². The lowest BCUT2D eigenvalue weighted by Crippen LogP contribution is -2.62. The Hall–Kier alpha value is -0.650. The maximum atomic E-state index is 12.7. The molecule has 1 heterocycles. The Morgan fingerprint density at radius 1 is 0.540 bits per heavy atom. The van der Waals surface area contributed by atoms with E-state index in [1.807, 2.05) is 19.0 Å². The van der Waals surface area contributed by atoms with E-state index in [1.165, 1.54) is 184 Å². The third kappa shape index (κ3) is 28.9. The van der Waals surface area contributed by atoms with Crippen LogP contribution in [0.1, 0.15) is 181 Å². The Balaban J connectivity index is 2.09. The first-order chi connectivity index (χ1) is 24.5. The second-order valence-corrected chi connectivity index (χ2v) is 17.8. The summed E-state index contributed by atoms with van der Waals surface area (Å²) < 4.78 is 0. The molecule has 0 aromatic carbocycles. The number of allylic oxidation sites excluding steroid dienone is 6. The van der Waals surface area contributed by atoms with E-state index in [1.54, 1.807) is 0 Å². The number of unbranched alkanes of at least 4 members (excludes halogenated alkanes) is 21. The van der Waals surface area contributed by atoms with Crippen LogP contribution in [0.25, 0.3) is 0 Å². The molecule has 1 fully saturated rings. The first-order valence-corrected chi connectivity index (χ1v) is 23.9. The van der Waals surface area contributed by atoms with Crippen molar-refractivity contribution in [3.63, 3.8) is 0 Å². The molecule has 0 aromatic heterocycles. The van der Waals surface area contributed by atoms with Crippen molar-refractivity contribution < 1.29 is 4.79 Å². The zero-order valence-electron chi connectivity index (χ0n) is 33.9. The first-order valence-electron chi connectivity index (χ1n) is 21.6. The first kappa shape index (κ1) is 47.4. The number of hydrogen-bond donors (Lipinski definition) is 0. The van der Waals surface area contributed by atoms with Crippen molar-refractivity contribution in [3.05, 3.63) is 36.5 Å². The molecule has 0 radical (unpaired) electrons. The Morgan fingerprint density at radius 3 is 1.34 bits per heavy atom. The number of thioether (sulfide) groups is 2. The smallest absolute Gasteiger partial charge is 0.236 e. The van der Waals surface area contributed by atoms with Gasteiger partial charge >= 0.3 is 0 Å². The predicted molar refractivity (Wildman–Crippen MR) is 231 cm³/mol. The van der Waals surface area contributed by atoms with Crippen LogP contribution in [-0.2, 0) is 4.79 Å². The highest BCUT2D eigenvalue weighted by Crippen LogP contribution is 2.38. The average Bonchev–Trinajstić information content (AvgIpc) is 3.08. The molecule has 0 N–H and O–H groups in total. The van der Waals surface area contributed by atoms with Gasteiger partial charge in [0.2, 0.25) is 5.91 Å². The van der Waals surface area contributed by atoms with E-state index >= 15 is 0 Å². The third-order valence-electron chi connectivity index (χ3n) is 9.96. The summed E-state index contributed by atoms with van der Waals surface area (Å²) in [4.78, 5) is 16.8. The van der Waals surface area contributed by atoms with Gasteiger partial charge in [-0.15, -0.1) is 0 Å². The van der Waals surface area contributed by atoms with Crippen molar-refractivity contribution in [2.24, 2.45) is 5.41 Å². The van der Waals surface area contributed by atoms with Gasteiger partial charge in [-0.2, -0.15) is 23.5 Å². The van der Waals surface area contributed by atoms with Gasteiger partial charge in [0.15, 0.2) is 0 Å². The minimum absolute atomic E-state index is 0.305. The van der Waals surface area contributed by atoms with E-state index in [2.05, 4.69) is 78.7 Å². The molecule has 0 aromatic rings. The van der Waals surface area contributed by atoms with Gasteiger partial charge in [0.1, 0.15) is 0 Å². The molecule has 1 aliphatic rings. The second-order valence-electron chi connectivity index (χ2n) is 15.6. The molecule has 3 nitrogen and oxygen atoms in total. The molecule has 0 spiro atoms. The predicted octanol–water partition coefficient (Wildman–Crippen LogP) is 13.7. The molecule has 0 aliphatic carbocycles. The molecule has 1 amide bonds. The standard InChI is InChI=1S/C45H84N2OS2/c1-5-7-9-11-13-15-17-19-21-23-25-27-29-31-33-35-37-49-42-45(40-47(41-45)44(48)39-46(3)4)43-50-38-36-34-32-30-28-26-24-22-20-18-16-14-12-10-8-6-2/h13,15,19-22H,5-12,14,16-18,23-43H2,1-4H3/b15-13-,21-19-,22-20-. The summed E-state index contributed by atoms with van der Waals surface area (Å²) in [7, 11) is 4.00. The molecule has 0 saturated carbocycles. The molecule has 292 valence electrons. The summed E-state index contributed by atoms with van der Waals surface area (Å²) in [6, 6.07) is 0. The molecular formula is C45H84N2OS2. The zero-order chi connectivity index (χ0) is 36.2. The van der Waals surface area contributed by atoms with Gasteiger partial charge in [0.25, 0.3) is 0 Å². The monoisotopic (exact) mass is 733 g/mol. The molecule has 1 aliphatic heterocycles. The highest BCUT2D eigenvalue weighted by Gasteiger charge is 2.44. The normalized spacial score (nSPS) is 14.6. The van der Waals surface area contributed by atoms with Crippen molar-refractivity contribution in [1.82, 2.24) is 9.80 Å². The van der Waals surface area contributed by atoms with Crippen LogP contribution in [0.4, 0.5) is 0 Å². The van der Waals surface area contributed by atoms with E-state index in [9.17, 15) is 4.79 Å². The molecule has 0 bridgehead atoms. The number of rotatable bonds is 37. The Bertz CT molecular complexity index is 833. The van der Waals surface area contributed by atoms with Gasteiger partial charge in [-0.05, 0) is 96.2 Å². The van der Waals surface area contributed by atoms with E-state index in [4.69, 9.17) is 0 Å². The minimum Gasteiger partial charge on any atom is -0.340 e. The van der Waals surface area contributed by atoms with E-state index < -0.39 is 0 Å².